The molecule has 1 aromatic carbocycles. The molecule has 1 aliphatic heterocycles. The van der Waals surface area contributed by atoms with Crippen LogP contribution in [0.4, 0.5) is 0 Å². The van der Waals surface area contributed by atoms with Gasteiger partial charge in [-0.05, 0) is 23.9 Å². The van der Waals surface area contributed by atoms with Crippen LogP contribution in [0.2, 0.25) is 5.02 Å². The standard InChI is InChI=1S/C11H7ClO6S/c1-18-6-3-4(12)2-5-7(6)19-9(14)8(13)11(5,17)10(15)16/h2-3,17H,1H3,(H,15,16)/t11-/m1/s1. The van der Waals surface area contributed by atoms with Gasteiger partial charge in [-0.1, -0.05) is 11.6 Å². The lowest BCUT2D eigenvalue weighted by Crippen LogP contribution is -2.49. The zero-order valence-electron chi connectivity index (χ0n) is 9.47. The molecule has 2 rings (SSSR count). The zero-order chi connectivity index (χ0) is 14.4. The summed E-state index contributed by atoms with van der Waals surface area (Å²) in [4.78, 5) is 34.5. The Balaban J connectivity index is 2.82. The maximum absolute atomic E-state index is 11.7. The van der Waals surface area contributed by atoms with Gasteiger partial charge in [-0.15, -0.1) is 0 Å². The number of aliphatic carboxylic acids is 1. The summed E-state index contributed by atoms with van der Waals surface area (Å²) in [6.07, 6.45) is 0. The number of hydrogen-bond donors (Lipinski definition) is 2. The third kappa shape index (κ3) is 1.90. The summed E-state index contributed by atoms with van der Waals surface area (Å²) in [5, 5.41) is 18.2. The van der Waals surface area contributed by atoms with Gasteiger partial charge in [-0.3, -0.25) is 9.59 Å². The number of carboxylic acid groups (broad SMARTS) is 1. The molecule has 0 aliphatic carbocycles. The molecule has 6 nitrogen and oxygen atoms in total. The molecule has 0 saturated carbocycles. The molecule has 0 radical (unpaired) electrons. The normalized spacial score (nSPS) is 22.1. The molecule has 19 heavy (non-hydrogen) atoms. The first-order chi connectivity index (χ1) is 8.82. The topological polar surface area (TPSA) is 101 Å². The smallest absolute Gasteiger partial charge is 0.349 e. The second-order valence-electron chi connectivity index (χ2n) is 3.72. The molecule has 100 valence electrons. The van der Waals surface area contributed by atoms with Crippen molar-refractivity contribution in [1.82, 2.24) is 0 Å². The summed E-state index contributed by atoms with van der Waals surface area (Å²) < 4.78 is 4.98. The number of fused-ring (bicyclic) bond motifs is 1. The molecule has 1 heterocycles. The van der Waals surface area contributed by atoms with Gasteiger partial charge in [-0.25, -0.2) is 4.79 Å². The van der Waals surface area contributed by atoms with E-state index in [0.717, 1.165) is 6.07 Å². The molecule has 2 N–H and O–H groups in total. The van der Waals surface area contributed by atoms with Gasteiger partial charge in [0, 0.05) is 10.6 Å². The molecule has 0 fully saturated rings. The summed E-state index contributed by atoms with van der Waals surface area (Å²) in [5.41, 5.74) is -3.20. The lowest BCUT2D eigenvalue weighted by atomic mass is 9.89. The minimum Gasteiger partial charge on any atom is -0.496 e. The van der Waals surface area contributed by atoms with Crippen molar-refractivity contribution in [2.24, 2.45) is 0 Å². The van der Waals surface area contributed by atoms with E-state index < -0.39 is 22.5 Å². The Morgan fingerprint density at radius 3 is 2.58 bits per heavy atom. The Morgan fingerprint density at radius 1 is 1.42 bits per heavy atom. The van der Waals surface area contributed by atoms with Crippen LogP contribution in [0.3, 0.4) is 0 Å². The first-order valence-electron chi connectivity index (χ1n) is 4.92. The first kappa shape index (κ1) is 13.9. The highest BCUT2D eigenvalue weighted by Crippen LogP contribution is 2.45. The van der Waals surface area contributed by atoms with Crippen LogP contribution in [0.25, 0.3) is 0 Å². The van der Waals surface area contributed by atoms with E-state index in [1.165, 1.54) is 13.2 Å². The number of ketones is 1. The van der Waals surface area contributed by atoms with Gasteiger partial charge in [0.05, 0.1) is 12.0 Å². The fourth-order valence-corrected chi connectivity index (χ4v) is 2.91. The van der Waals surface area contributed by atoms with Crippen LogP contribution in [0.1, 0.15) is 5.56 Å². The molecule has 0 amide bonds. The number of aliphatic hydroxyl groups is 1. The molecule has 0 saturated heterocycles. The van der Waals surface area contributed by atoms with E-state index >= 15 is 0 Å². The summed E-state index contributed by atoms with van der Waals surface area (Å²) in [6.45, 7) is 0. The largest absolute Gasteiger partial charge is 0.496 e. The number of ether oxygens (including phenoxy) is 1. The molecule has 0 unspecified atom stereocenters. The fourth-order valence-electron chi connectivity index (χ4n) is 1.72. The van der Waals surface area contributed by atoms with Crippen LogP contribution >= 0.6 is 23.4 Å². The number of Topliss-reactive ketones (excluding diaryl/α,β-unsaturated/α-hetero) is 1. The summed E-state index contributed by atoms with van der Waals surface area (Å²) in [6, 6.07) is 2.49. The highest BCUT2D eigenvalue weighted by Gasteiger charge is 2.54. The molecular weight excluding hydrogens is 296 g/mol. The van der Waals surface area contributed by atoms with E-state index in [9.17, 15) is 19.5 Å². The number of methoxy groups -OCH3 is 1. The minimum atomic E-state index is -2.93. The number of benzene rings is 1. The van der Waals surface area contributed by atoms with E-state index in [1.54, 1.807) is 0 Å². The molecular formula is C11H7ClO6S. The Morgan fingerprint density at radius 2 is 2.05 bits per heavy atom. The molecule has 1 aromatic rings. The average Bonchev–Trinajstić information content (AvgIpc) is 2.36. The highest BCUT2D eigenvalue weighted by atomic mass is 35.5. The maximum atomic E-state index is 11.7. The van der Waals surface area contributed by atoms with Crippen molar-refractivity contribution in [3.63, 3.8) is 0 Å². The van der Waals surface area contributed by atoms with Crippen LogP contribution in [0.15, 0.2) is 17.0 Å². The molecule has 1 aliphatic rings. The zero-order valence-corrected chi connectivity index (χ0v) is 11.0. The Bertz CT molecular complexity index is 613. The molecule has 0 spiro atoms. The number of rotatable bonds is 2. The van der Waals surface area contributed by atoms with Gasteiger partial charge in [0.25, 0.3) is 16.5 Å². The number of carboxylic acids is 1. The fraction of sp³-hybridized carbons (Fsp3) is 0.182. The van der Waals surface area contributed by atoms with Gasteiger partial charge < -0.3 is 14.9 Å². The average molecular weight is 303 g/mol. The Kier molecular flexibility index (Phi) is 3.29. The second kappa shape index (κ2) is 4.52. The van der Waals surface area contributed by atoms with E-state index in [-0.39, 0.29) is 21.2 Å². The van der Waals surface area contributed by atoms with Crippen molar-refractivity contribution >= 4 is 40.2 Å². The quantitative estimate of drug-likeness (QED) is 0.616. The van der Waals surface area contributed by atoms with Gasteiger partial charge in [-0.2, -0.15) is 0 Å². The summed E-state index contributed by atoms with van der Waals surface area (Å²) in [7, 11) is 1.30. The van der Waals surface area contributed by atoms with Crippen LogP contribution in [0.5, 0.6) is 5.75 Å². The SMILES string of the molecule is COc1cc(Cl)cc2c1SC(=O)C(=O)[C@@]2(O)C(=O)O. The van der Waals surface area contributed by atoms with E-state index in [4.69, 9.17) is 21.4 Å². The van der Waals surface area contributed by atoms with Crippen molar-refractivity contribution in [2.75, 3.05) is 7.11 Å². The third-order valence-electron chi connectivity index (χ3n) is 2.65. The van der Waals surface area contributed by atoms with Crippen molar-refractivity contribution < 1.29 is 29.3 Å². The Labute approximate surface area is 116 Å². The maximum Gasteiger partial charge on any atom is 0.349 e. The molecule has 1 atom stereocenters. The van der Waals surface area contributed by atoms with E-state index in [1.807, 2.05) is 0 Å². The number of carbonyl (C=O) groups excluding carboxylic acids is 2. The number of hydrogen-bond acceptors (Lipinski definition) is 6. The lowest BCUT2D eigenvalue weighted by molar-refractivity contribution is -0.168. The van der Waals surface area contributed by atoms with Gasteiger partial charge >= 0.3 is 5.97 Å². The van der Waals surface area contributed by atoms with Crippen molar-refractivity contribution in [1.29, 1.82) is 0 Å². The minimum absolute atomic E-state index is 0.0707. The summed E-state index contributed by atoms with van der Waals surface area (Å²) >= 11 is 6.29. The van der Waals surface area contributed by atoms with Crippen molar-refractivity contribution in [3.8, 4) is 5.75 Å². The lowest BCUT2D eigenvalue weighted by Gasteiger charge is -2.28. The molecule has 0 bridgehead atoms. The highest BCUT2D eigenvalue weighted by molar-refractivity contribution is 8.15. The Hall–Kier alpha value is -1.57. The van der Waals surface area contributed by atoms with Crippen LogP contribution in [-0.2, 0) is 20.0 Å². The number of thioether (sulfide) groups is 1. The molecule has 8 heteroatoms. The third-order valence-corrected chi connectivity index (χ3v) is 3.86. The van der Waals surface area contributed by atoms with Crippen LogP contribution in [-0.4, -0.2) is 34.2 Å². The predicted molar refractivity (Wildman–Crippen MR) is 65.4 cm³/mol. The monoisotopic (exact) mass is 302 g/mol. The number of carbonyl (C=O) groups is 3. The molecule has 0 aromatic heterocycles. The first-order valence-corrected chi connectivity index (χ1v) is 6.12. The van der Waals surface area contributed by atoms with Gasteiger partial charge in [0.1, 0.15) is 5.75 Å². The van der Waals surface area contributed by atoms with Crippen LogP contribution < -0.4 is 4.74 Å². The van der Waals surface area contributed by atoms with Gasteiger partial charge in [0.15, 0.2) is 0 Å². The predicted octanol–water partition coefficient (Wildman–Crippen LogP) is 0.822. The van der Waals surface area contributed by atoms with Gasteiger partial charge in [0.2, 0.25) is 0 Å². The van der Waals surface area contributed by atoms with E-state index in [2.05, 4.69) is 0 Å². The van der Waals surface area contributed by atoms with Crippen molar-refractivity contribution in [2.45, 2.75) is 10.5 Å². The second-order valence-corrected chi connectivity index (χ2v) is 5.14. The summed E-state index contributed by atoms with van der Waals surface area (Å²) in [5.74, 6) is -3.13. The van der Waals surface area contributed by atoms with Crippen LogP contribution in [0, 0.1) is 0 Å². The van der Waals surface area contributed by atoms with Crippen molar-refractivity contribution in [3.05, 3.63) is 22.7 Å². The number of halogens is 1. The van der Waals surface area contributed by atoms with E-state index in [0.29, 0.717) is 11.8 Å².